The summed E-state index contributed by atoms with van der Waals surface area (Å²) >= 11 is 0. The quantitative estimate of drug-likeness (QED) is 0.634. The minimum Gasteiger partial charge on any atom is -0.475 e. The Labute approximate surface area is 183 Å². The number of carboxylic acid groups (broad SMARTS) is 1. The van der Waals surface area contributed by atoms with E-state index in [2.05, 4.69) is 27.2 Å². The SMILES string of the molecule is Cc1noc(C[C@@H]2CO[C@@H]3CN(CCOCc4ccccc4)C[C@H]23)n1.O=C(O)C(F)(F)F. The van der Waals surface area contributed by atoms with E-state index >= 15 is 0 Å². The molecule has 2 aliphatic heterocycles. The number of carboxylic acids is 1. The van der Waals surface area contributed by atoms with Gasteiger partial charge in [-0.2, -0.15) is 18.2 Å². The lowest BCUT2D eigenvalue weighted by Gasteiger charge is -2.18. The van der Waals surface area contributed by atoms with Gasteiger partial charge in [-0.25, -0.2) is 4.79 Å². The van der Waals surface area contributed by atoms with Crippen LogP contribution in [-0.4, -0.2) is 71.2 Å². The molecule has 3 atom stereocenters. The highest BCUT2D eigenvalue weighted by atomic mass is 19.4. The summed E-state index contributed by atoms with van der Waals surface area (Å²) < 4.78 is 48.8. The fraction of sp³-hybridized carbons (Fsp3) is 0.571. The summed E-state index contributed by atoms with van der Waals surface area (Å²) in [5.41, 5.74) is 1.22. The molecule has 0 saturated carbocycles. The molecule has 2 aliphatic rings. The number of likely N-dealkylation sites (tertiary alicyclic amines) is 1. The molecule has 2 aromatic rings. The Kier molecular flexibility index (Phi) is 8.21. The standard InChI is InChI=1S/C19H25N3O3.C2HF3O2/c1-14-20-19(25-21-14)9-16-13-24-18-11-22(10-17(16)18)7-8-23-12-15-5-3-2-4-6-15;3-2(4,5)1(6)7/h2-6,16-18H,7-13H2,1H3;(H,6,7)/t16-,17-,18-;/m1./s1. The summed E-state index contributed by atoms with van der Waals surface area (Å²) in [6.07, 6.45) is -3.93. The van der Waals surface area contributed by atoms with Crippen LogP contribution in [0.15, 0.2) is 34.9 Å². The number of fused-ring (bicyclic) bond motifs is 1. The van der Waals surface area contributed by atoms with Crippen molar-refractivity contribution in [3.05, 3.63) is 47.6 Å². The first kappa shape index (κ1) is 24.1. The van der Waals surface area contributed by atoms with E-state index in [0.717, 1.165) is 45.2 Å². The molecule has 3 heterocycles. The second-order valence-corrected chi connectivity index (χ2v) is 7.84. The molecule has 0 unspecified atom stereocenters. The lowest BCUT2D eigenvalue weighted by molar-refractivity contribution is -0.192. The van der Waals surface area contributed by atoms with Crippen molar-refractivity contribution < 1.29 is 37.1 Å². The molecule has 0 spiro atoms. The number of benzene rings is 1. The third kappa shape index (κ3) is 7.01. The number of halogens is 3. The second-order valence-electron chi connectivity index (χ2n) is 7.84. The van der Waals surface area contributed by atoms with Crippen LogP contribution in [-0.2, 0) is 27.3 Å². The van der Waals surface area contributed by atoms with Crippen molar-refractivity contribution in [2.24, 2.45) is 11.8 Å². The van der Waals surface area contributed by atoms with Crippen LogP contribution < -0.4 is 0 Å². The van der Waals surface area contributed by atoms with Gasteiger partial charge in [-0.1, -0.05) is 35.5 Å². The smallest absolute Gasteiger partial charge is 0.475 e. The summed E-state index contributed by atoms with van der Waals surface area (Å²) in [6, 6.07) is 10.3. The lowest BCUT2D eigenvalue weighted by Crippen LogP contribution is -2.28. The molecule has 0 aliphatic carbocycles. The van der Waals surface area contributed by atoms with Crippen LogP contribution in [0.5, 0.6) is 0 Å². The lowest BCUT2D eigenvalue weighted by atomic mass is 9.90. The Morgan fingerprint density at radius 3 is 2.62 bits per heavy atom. The number of hydrogen-bond acceptors (Lipinski definition) is 7. The largest absolute Gasteiger partial charge is 0.490 e. The summed E-state index contributed by atoms with van der Waals surface area (Å²) in [4.78, 5) is 15.7. The highest BCUT2D eigenvalue weighted by Crippen LogP contribution is 2.35. The monoisotopic (exact) mass is 457 g/mol. The van der Waals surface area contributed by atoms with Gasteiger partial charge in [0.1, 0.15) is 0 Å². The molecule has 0 bridgehead atoms. The van der Waals surface area contributed by atoms with Crippen molar-refractivity contribution in [2.45, 2.75) is 32.2 Å². The number of rotatable bonds is 7. The minimum atomic E-state index is -5.08. The van der Waals surface area contributed by atoms with E-state index in [0.29, 0.717) is 30.4 Å². The van der Waals surface area contributed by atoms with E-state index < -0.39 is 12.1 Å². The molecule has 11 heteroatoms. The highest BCUT2D eigenvalue weighted by molar-refractivity contribution is 5.73. The van der Waals surface area contributed by atoms with Gasteiger partial charge >= 0.3 is 12.1 Å². The molecule has 8 nitrogen and oxygen atoms in total. The molecule has 2 fully saturated rings. The third-order valence-electron chi connectivity index (χ3n) is 5.43. The van der Waals surface area contributed by atoms with E-state index in [-0.39, 0.29) is 0 Å². The average molecular weight is 457 g/mol. The summed E-state index contributed by atoms with van der Waals surface area (Å²) in [5, 5.41) is 11.0. The zero-order valence-corrected chi connectivity index (χ0v) is 17.6. The number of aromatic nitrogens is 2. The molecule has 0 amide bonds. The topological polar surface area (TPSA) is 97.9 Å². The van der Waals surface area contributed by atoms with E-state index in [4.69, 9.17) is 23.9 Å². The average Bonchev–Trinajstić information content (AvgIpc) is 3.43. The van der Waals surface area contributed by atoms with E-state index in [1.165, 1.54) is 5.56 Å². The normalized spacial score (nSPS) is 22.9. The Balaban J connectivity index is 0.000000360. The zero-order chi connectivity index (χ0) is 23.1. The molecule has 4 rings (SSSR count). The van der Waals surface area contributed by atoms with Gasteiger partial charge in [0.2, 0.25) is 5.89 Å². The van der Waals surface area contributed by atoms with Crippen molar-refractivity contribution >= 4 is 5.97 Å². The summed E-state index contributed by atoms with van der Waals surface area (Å²) in [7, 11) is 0. The number of alkyl halides is 3. The van der Waals surface area contributed by atoms with Gasteiger partial charge < -0.3 is 19.1 Å². The molecule has 1 aromatic heterocycles. The van der Waals surface area contributed by atoms with Crippen molar-refractivity contribution in [1.29, 1.82) is 0 Å². The van der Waals surface area contributed by atoms with Crippen molar-refractivity contribution in [3.8, 4) is 0 Å². The maximum Gasteiger partial charge on any atom is 0.490 e. The second kappa shape index (κ2) is 10.9. The molecule has 32 heavy (non-hydrogen) atoms. The van der Waals surface area contributed by atoms with Crippen LogP contribution in [0.25, 0.3) is 0 Å². The molecule has 1 aromatic carbocycles. The predicted octanol–water partition coefficient (Wildman–Crippen LogP) is 2.72. The number of aliphatic carboxylic acids is 1. The highest BCUT2D eigenvalue weighted by Gasteiger charge is 2.44. The van der Waals surface area contributed by atoms with Crippen LogP contribution in [0.1, 0.15) is 17.3 Å². The van der Waals surface area contributed by atoms with Crippen LogP contribution in [0, 0.1) is 18.8 Å². The van der Waals surface area contributed by atoms with Crippen LogP contribution in [0.4, 0.5) is 13.2 Å². The number of ether oxygens (including phenoxy) is 2. The first-order valence-corrected chi connectivity index (χ1v) is 10.3. The molecular formula is C21H26F3N3O5. The van der Waals surface area contributed by atoms with Crippen LogP contribution in [0.3, 0.4) is 0 Å². The number of carbonyl (C=O) groups is 1. The van der Waals surface area contributed by atoms with Gasteiger partial charge in [-0.05, 0) is 18.4 Å². The van der Waals surface area contributed by atoms with Gasteiger partial charge in [0.05, 0.1) is 25.9 Å². The van der Waals surface area contributed by atoms with Crippen molar-refractivity contribution in [3.63, 3.8) is 0 Å². The Hall–Kier alpha value is -2.50. The summed E-state index contributed by atoms with van der Waals surface area (Å²) in [6.45, 7) is 7.10. The molecule has 2 saturated heterocycles. The Morgan fingerprint density at radius 2 is 2.00 bits per heavy atom. The van der Waals surface area contributed by atoms with Crippen LogP contribution in [0.2, 0.25) is 0 Å². The molecule has 1 N–H and O–H groups in total. The third-order valence-corrected chi connectivity index (χ3v) is 5.43. The van der Waals surface area contributed by atoms with E-state index in [1.54, 1.807) is 0 Å². The molecular weight excluding hydrogens is 431 g/mol. The first-order valence-electron chi connectivity index (χ1n) is 10.3. The van der Waals surface area contributed by atoms with Crippen LogP contribution >= 0.6 is 0 Å². The van der Waals surface area contributed by atoms with Gasteiger partial charge in [0.25, 0.3) is 0 Å². The van der Waals surface area contributed by atoms with Crippen molar-refractivity contribution in [1.82, 2.24) is 15.0 Å². The van der Waals surface area contributed by atoms with Gasteiger partial charge in [0.15, 0.2) is 5.82 Å². The van der Waals surface area contributed by atoms with E-state index in [9.17, 15) is 13.2 Å². The van der Waals surface area contributed by atoms with Gasteiger partial charge in [-0.15, -0.1) is 0 Å². The number of nitrogens with zero attached hydrogens (tertiary/aromatic N) is 3. The van der Waals surface area contributed by atoms with E-state index in [1.807, 2.05) is 25.1 Å². The molecule has 0 radical (unpaired) electrons. The fourth-order valence-corrected chi connectivity index (χ4v) is 3.88. The summed E-state index contributed by atoms with van der Waals surface area (Å²) in [5.74, 6) is -0.292. The molecule has 176 valence electrons. The maximum absolute atomic E-state index is 10.6. The fourth-order valence-electron chi connectivity index (χ4n) is 3.88. The van der Waals surface area contributed by atoms with Gasteiger partial charge in [-0.3, -0.25) is 4.90 Å². The van der Waals surface area contributed by atoms with Crippen molar-refractivity contribution in [2.75, 3.05) is 32.8 Å². The minimum absolute atomic E-state index is 0.336. The zero-order valence-electron chi connectivity index (χ0n) is 17.6. The first-order chi connectivity index (χ1) is 15.2. The Bertz CT molecular complexity index is 862. The Morgan fingerprint density at radius 1 is 1.28 bits per heavy atom. The maximum atomic E-state index is 10.6. The number of aryl methyl sites for hydroxylation is 1. The predicted molar refractivity (Wildman–Crippen MR) is 106 cm³/mol. The number of hydrogen-bond donors (Lipinski definition) is 1. The van der Waals surface area contributed by atoms with Gasteiger partial charge in [0, 0.05) is 32.0 Å².